The molecule has 3 atom stereocenters. The number of hydrogen-bond donors (Lipinski definition) is 1. The van der Waals surface area contributed by atoms with Gasteiger partial charge in [-0.25, -0.2) is 9.69 Å². The van der Waals surface area contributed by atoms with E-state index in [0.717, 1.165) is 41.0 Å². The number of hydrogen-bond acceptors (Lipinski definition) is 4. The highest BCUT2D eigenvalue weighted by Gasteiger charge is 2.50. The number of imide groups is 2. The van der Waals surface area contributed by atoms with Gasteiger partial charge in [0.05, 0.1) is 14.2 Å². The van der Waals surface area contributed by atoms with E-state index in [1.165, 1.54) is 4.90 Å². The van der Waals surface area contributed by atoms with Gasteiger partial charge < -0.3 is 9.64 Å². The molecule has 1 aromatic carbocycles. The quantitative estimate of drug-likeness (QED) is 0.574. The van der Waals surface area contributed by atoms with Gasteiger partial charge in [0.25, 0.3) is 0 Å². The lowest BCUT2D eigenvalue weighted by atomic mass is 9.85. The molecule has 2 aliphatic rings. The first-order valence-corrected chi connectivity index (χ1v) is 10.0. The molecule has 7 nitrogen and oxygen atoms in total. The van der Waals surface area contributed by atoms with E-state index in [2.05, 4.69) is 0 Å². The molecule has 28 heavy (non-hydrogen) atoms. The van der Waals surface area contributed by atoms with Gasteiger partial charge in [-0.3, -0.25) is 14.5 Å². The summed E-state index contributed by atoms with van der Waals surface area (Å²) in [6, 6.07) is 4.65. The third kappa shape index (κ3) is 4.00. The number of nitrogens with zero attached hydrogens (tertiary/aromatic N) is 2. The second kappa shape index (κ2) is 8.49. The fourth-order valence-electron chi connectivity index (χ4n) is 4.17. The molecular weight excluding hydrogens is 382 g/mol. The van der Waals surface area contributed by atoms with Gasteiger partial charge in [0.2, 0.25) is 0 Å². The highest BCUT2D eigenvalue weighted by Crippen LogP contribution is 2.31. The number of carbonyl (C=O) groups is 3. The number of halogens is 1. The third-order valence-electron chi connectivity index (χ3n) is 5.64. The molecule has 1 saturated heterocycles. The largest absolute Gasteiger partial charge is 0.496 e. The predicted molar refractivity (Wildman–Crippen MR) is 104 cm³/mol. The predicted octanol–water partition coefficient (Wildman–Crippen LogP) is 1.69. The number of amides is 4. The minimum Gasteiger partial charge on any atom is -0.496 e. The fourth-order valence-corrected chi connectivity index (χ4v) is 4.37. The third-order valence-corrected chi connectivity index (χ3v) is 5.88. The summed E-state index contributed by atoms with van der Waals surface area (Å²) in [5, 5.41) is 0.588. The maximum Gasteiger partial charge on any atom is 0.338 e. The van der Waals surface area contributed by atoms with Crippen molar-refractivity contribution < 1.29 is 24.0 Å². The van der Waals surface area contributed by atoms with Crippen LogP contribution < -0.4 is 9.64 Å². The summed E-state index contributed by atoms with van der Waals surface area (Å²) in [4.78, 5) is 41.0. The molecule has 1 saturated carbocycles. The van der Waals surface area contributed by atoms with E-state index in [4.69, 9.17) is 16.3 Å². The summed E-state index contributed by atoms with van der Waals surface area (Å²) >= 11 is 6.08. The number of rotatable bonds is 6. The summed E-state index contributed by atoms with van der Waals surface area (Å²) < 4.78 is 5.36. The Kier molecular flexibility index (Phi) is 6.25. The van der Waals surface area contributed by atoms with Crippen molar-refractivity contribution in [3.05, 3.63) is 28.8 Å². The number of methoxy groups -OCH3 is 1. The zero-order valence-corrected chi connectivity index (χ0v) is 17.3. The van der Waals surface area contributed by atoms with Crippen LogP contribution in [0.25, 0.3) is 0 Å². The Bertz CT molecular complexity index is 785. The minimum absolute atomic E-state index is 0.108. The molecule has 8 heteroatoms. The van der Waals surface area contributed by atoms with Crippen LogP contribution in [-0.4, -0.2) is 54.5 Å². The van der Waals surface area contributed by atoms with Crippen LogP contribution in [0.5, 0.6) is 5.75 Å². The van der Waals surface area contributed by atoms with Crippen LogP contribution >= 0.6 is 11.6 Å². The van der Waals surface area contributed by atoms with Gasteiger partial charge in [0, 0.05) is 16.6 Å². The smallest absolute Gasteiger partial charge is 0.338 e. The van der Waals surface area contributed by atoms with Crippen LogP contribution in [0.2, 0.25) is 5.02 Å². The van der Waals surface area contributed by atoms with Gasteiger partial charge in [0.15, 0.2) is 6.67 Å². The molecule has 1 heterocycles. The zero-order valence-electron chi connectivity index (χ0n) is 16.5. The Hall–Kier alpha value is -2.12. The Balaban J connectivity index is 1.71. The van der Waals surface area contributed by atoms with Crippen LogP contribution in [0.1, 0.15) is 38.2 Å². The maximum atomic E-state index is 12.9. The highest BCUT2D eigenvalue weighted by molar-refractivity contribution is 6.44. The van der Waals surface area contributed by atoms with E-state index < -0.39 is 17.8 Å². The lowest BCUT2D eigenvalue weighted by Crippen LogP contribution is -3.09. The van der Waals surface area contributed by atoms with Crippen LogP contribution in [0.3, 0.4) is 0 Å². The van der Waals surface area contributed by atoms with Crippen LogP contribution in [0.15, 0.2) is 18.2 Å². The Morgan fingerprint density at radius 3 is 2.57 bits per heavy atom. The molecule has 0 aromatic heterocycles. The molecule has 2 fully saturated rings. The summed E-state index contributed by atoms with van der Waals surface area (Å²) in [5.41, 5.74) is 0.871. The first-order valence-electron chi connectivity index (χ1n) is 9.66. The van der Waals surface area contributed by atoms with Crippen molar-refractivity contribution in [1.29, 1.82) is 0 Å². The summed E-state index contributed by atoms with van der Waals surface area (Å²) in [6.45, 7) is 2.64. The topological polar surface area (TPSA) is 71.4 Å². The molecule has 0 radical (unpaired) electrons. The van der Waals surface area contributed by atoms with Gasteiger partial charge in [-0.2, -0.15) is 0 Å². The molecule has 3 rings (SSSR count). The molecule has 1 N–H and O–H groups in total. The van der Waals surface area contributed by atoms with Crippen LogP contribution in [0, 0.1) is 5.92 Å². The number of quaternary nitrogens is 1. The average molecular weight is 409 g/mol. The Morgan fingerprint density at radius 2 is 1.89 bits per heavy atom. The van der Waals surface area contributed by atoms with E-state index in [-0.39, 0.29) is 18.6 Å². The minimum atomic E-state index is -0.736. The van der Waals surface area contributed by atoms with Crippen LogP contribution in [-0.2, 0) is 16.1 Å². The standard InChI is InChI=1S/C20H26ClN3O4/c1-13-6-4-5-7-16(13)24-19(26)18(25)23(20(24)27)12-22(2)11-14-10-15(21)8-9-17(14)28-3/h8-10,13,16H,4-7,11-12H2,1-3H3/p+1/t13-,16-/m1/s1. The van der Waals surface area contributed by atoms with Crippen molar-refractivity contribution >= 4 is 29.4 Å². The van der Waals surface area contributed by atoms with Crippen molar-refractivity contribution in [2.24, 2.45) is 5.92 Å². The number of ether oxygens (including phenoxy) is 1. The molecule has 1 aliphatic heterocycles. The van der Waals surface area contributed by atoms with Crippen molar-refractivity contribution in [3.8, 4) is 5.75 Å². The molecular formula is C20H27ClN3O4+. The molecule has 1 unspecified atom stereocenters. The van der Waals surface area contributed by atoms with Crippen molar-refractivity contribution in [1.82, 2.24) is 9.80 Å². The Morgan fingerprint density at radius 1 is 1.18 bits per heavy atom. The van der Waals surface area contributed by atoms with E-state index in [0.29, 0.717) is 17.3 Å². The molecule has 152 valence electrons. The zero-order chi connectivity index (χ0) is 20.4. The van der Waals surface area contributed by atoms with Crippen molar-refractivity contribution in [3.63, 3.8) is 0 Å². The Labute approximate surface area is 170 Å². The number of nitrogens with one attached hydrogen (secondary N) is 1. The van der Waals surface area contributed by atoms with E-state index >= 15 is 0 Å². The first-order chi connectivity index (χ1) is 13.3. The molecule has 1 aliphatic carbocycles. The summed E-state index contributed by atoms with van der Waals surface area (Å²) in [5.74, 6) is -0.524. The fraction of sp³-hybridized carbons (Fsp3) is 0.550. The normalized spacial score (nSPS) is 24.1. The van der Waals surface area contributed by atoms with Gasteiger partial charge in [-0.15, -0.1) is 0 Å². The number of urea groups is 1. The summed E-state index contributed by atoms with van der Waals surface area (Å²) in [7, 11) is 3.44. The average Bonchev–Trinajstić information content (AvgIpc) is 2.86. The van der Waals surface area contributed by atoms with Gasteiger partial charge in [0.1, 0.15) is 12.3 Å². The SMILES string of the molecule is COc1ccc(Cl)cc1C[NH+](C)CN1C(=O)C(=O)N([C@@H]2CCCC[C@H]2C)C1=O. The number of benzene rings is 1. The van der Waals surface area contributed by atoms with Gasteiger partial charge >= 0.3 is 17.8 Å². The molecule has 4 amide bonds. The van der Waals surface area contributed by atoms with Crippen molar-refractivity contribution in [2.75, 3.05) is 20.8 Å². The number of carbonyl (C=O) groups excluding carboxylic acids is 3. The van der Waals surface area contributed by atoms with Gasteiger partial charge in [-0.05, 0) is 37.0 Å². The van der Waals surface area contributed by atoms with E-state index in [9.17, 15) is 14.4 Å². The lowest BCUT2D eigenvalue weighted by Gasteiger charge is -2.34. The van der Waals surface area contributed by atoms with Crippen LogP contribution in [0.4, 0.5) is 4.79 Å². The molecule has 0 spiro atoms. The summed E-state index contributed by atoms with van der Waals surface area (Å²) in [6.07, 6.45) is 3.80. The first kappa shape index (κ1) is 20.6. The second-order valence-electron chi connectivity index (χ2n) is 7.77. The van der Waals surface area contributed by atoms with E-state index in [1.807, 2.05) is 14.0 Å². The monoisotopic (exact) mass is 408 g/mol. The van der Waals surface area contributed by atoms with Gasteiger partial charge in [-0.1, -0.05) is 31.4 Å². The maximum absolute atomic E-state index is 12.9. The molecule has 1 aromatic rings. The van der Waals surface area contributed by atoms with Crippen molar-refractivity contribution in [2.45, 2.75) is 45.2 Å². The second-order valence-corrected chi connectivity index (χ2v) is 8.20. The lowest BCUT2D eigenvalue weighted by molar-refractivity contribution is -0.901. The molecule has 0 bridgehead atoms. The highest BCUT2D eigenvalue weighted by atomic mass is 35.5. The van der Waals surface area contributed by atoms with E-state index in [1.54, 1.807) is 25.3 Å².